The minimum absolute atomic E-state index is 0.214. The van der Waals surface area contributed by atoms with Gasteiger partial charge in [0.2, 0.25) is 0 Å². The Hall–Kier alpha value is -3.04. The molecule has 30 heavy (non-hydrogen) atoms. The molecule has 2 unspecified atom stereocenters. The van der Waals surface area contributed by atoms with Crippen LogP contribution >= 0.6 is 0 Å². The Kier molecular flexibility index (Phi) is 3.84. The number of nitrogens with two attached hydrogens (primary N) is 1. The summed E-state index contributed by atoms with van der Waals surface area (Å²) in [4.78, 5) is 0. The van der Waals surface area contributed by atoms with Crippen LogP contribution in [-0.4, -0.2) is 7.05 Å². The average Bonchev–Trinajstić information content (AvgIpc) is 3.36. The summed E-state index contributed by atoms with van der Waals surface area (Å²) in [5, 5.41) is 8.13. The molecule has 1 spiro atoms. The molecule has 2 aromatic carbocycles. The summed E-state index contributed by atoms with van der Waals surface area (Å²) in [6, 6.07) is 15.7. The number of hydrogen-bond donors (Lipinski definition) is 1. The molecule has 148 valence electrons. The second kappa shape index (κ2) is 6.48. The molecule has 0 fully saturated rings. The van der Waals surface area contributed by atoms with E-state index >= 15 is 0 Å². The number of benzene rings is 2. The zero-order valence-electron chi connectivity index (χ0n) is 17.2. The molecule has 0 saturated carbocycles. The van der Waals surface area contributed by atoms with E-state index in [1.165, 1.54) is 44.5 Å². The lowest BCUT2D eigenvalue weighted by Crippen LogP contribution is -2.37. The molecule has 2 N–H and O–H groups in total. The van der Waals surface area contributed by atoms with Crippen molar-refractivity contribution in [3.8, 4) is 0 Å². The van der Waals surface area contributed by atoms with Crippen LogP contribution in [0.15, 0.2) is 93.7 Å². The Morgan fingerprint density at radius 2 is 1.90 bits per heavy atom. The molecule has 4 aliphatic rings. The first-order chi connectivity index (χ1) is 14.7. The zero-order chi connectivity index (χ0) is 20.3. The summed E-state index contributed by atoms with van der Waals surface area (Å²) in [5.74, 6) is 0. The number of allylic oxidation sites excluding steroid dienone is 8. The van der Waals surface area contributed by atoms with Crippen LogP contribution in [0.4, 0.5) is 0 Å². The van der Waals surface area contributed by atoms with E-state index in [1.54, 1.807) is 7.05 Å². The predicted octanol–water partition coefficient (Wildman–Crippen LogP) is 5.94. The fourth-order valence-corrected chi connectivity index (χ4v) is 6.05. The fraction of sp³-hybridized carbons (Fsp3) is 0.259. The van der Waals surface area contributed by atoms with E-state index in [1.807, 2.05) is 0 Å². The van der Waals surface area contributed by atoms with Gasteiger partial charge in [0.1, 0.15) is 6.17 Å². The zero-order valence-corrected chi connectivity index (χ0v) is 17.2. The largest absolute Gasteiger partial charge is 0.304 e. The normalized spacial score (nSPS) is 24.5. The SMILES string of the molecule is CN=NC(N)c1ccc2c(c1)C1(C3=CCCC=C3C2)C2=C(C=CC2)c2ccccc21. The second-order valence-electron chi connectivity index (χ2n) is 8.57. The van der Waals surface area contributed by atoms with Gasteiger partial charge in [0, 0.05) is 7.05 Å². The molecule has 0 amide bonds. The highest BCUT2D eigenvalue weighted by Gasteiger charge is 2.52. The van der Waals surface area contributed by atoms with E-state index in [0.717, 1.165) is 31.2 Å². The van der Waals surface area contributed by atoms with Crippen molar-refractivity contribution in [3.05, 3.63) is 111 Å². The molecule has 3 heteroatoms. The van der Waals surface area contributed by atoms with Crippen LogP contribution in [0.2, 0.25) is 0 Å². The fourth-order valence-electron chi connectivity index (χ4n) is 6.05. The monoisotopic (exact) mass is 391 g/mol. The molecule has 0 saturated heterocycles. The van der Waals surface area contributed by atoms with Crippen LogP contribution in [0, 0.1) is 0 Å². The topological polar surface area (TPSA) is 50.7 Å². The van der Waals surface area contributed by atoms with E-state index in [9.17, 15) is 0 Å². The van der Waals surface area contributed by atoms with Gasteiger partial charge in [-0.3, -0.25) is 0 Å². The van der Waals surface area contributed by atoms with Crippen molar-refractivity contribution in [3.63, 3.8) is 0 Å². The van der Waals surface area contributed by atoms with Crippen molar-refractivity contribution in [2.45, 2.75) is 37.3 Å². The van der Waals surface area contributed by atoms with E-state index < -0.39 is 6.17 Å². The minimum Gasteiger partial charge on any atom is -0.304 e. The van der Waals surface area contributed by atoms with Gasteiger partial charge in [0.05, 0.1) is 5.41 Å². The minimum atomic E-state index is -0.429. The summed E-state index contributed by atoms with van der Waals surface area (Å²) in [7, 11) is 1.68. The van der Waals surface area contributed by atoms with Crippen LogP contribution in [0.5, 0.6) is 0 Å². The molecule has 0 bridgehead atoms. The Balaban J connectivity index is 1.71. The molecule has 4 aliphatic carbocycles. The highest BCUT2D eigenvalue weighted by molar-refractivity contribution is 5.93. The van der Waals surface area contributed by atoms with Gasteiger partial charge in [-0.1, -0.05) is 66.8 Å². The molecule has 0 radical (unpaired) electrons. The Labute approximate surface area is 177 Å². The summed E-state index contributed by atoms with van der Waals surface area (Å²) < 4.78 is 0. The summed E-state index contributed by atoms with van der Waals surface area (Å²) in [6.45, 7) is 0. The van der Waals surface area contributed by atoms with Gasteiger partial charge in [0.15, 0.2) is 0 Å². The molecule has 2 atom stereocenters. The number of nitrogens with zero attached hydrogens (tertiary/aromatic N) is 2. The molecule has 3 nitrogen and oxygen atoms in total. The quantitative estimate of drug-likeness (QED) is 0.633. The lowest BCUT2D eigenvalue weighted by molar-refractivity contribution is 0.656. The molecule has 0 aromatic heterocycles. The van der Waals surface area contributed by atoms with Gasteiger partial charge in [-0.05, 0) is 75.8 Å². The maximum atomic E-state index is 6.35. The summed E-state index contributed by atoms with van der Waals surface area (Å²) >= 11 is 0. The Morgan fingerprint density at radius 1 is 1.03 bits per heavy atom. The molecular weight excluding hydrogens is 366 g/mol. The first-order valence-electron chi connectivity index (χ1n) is 10.8. The van der Waals surface area contributed by atoms with Crippen LogP contribution < -0.4 is 5.73 Å². The third-order valence-electron chi connectivity index (χ3n) is 7.16. The van der Waals surface area contributed by atoms with Crippen molar-refractivity contribution in [2.24, 2.45) is 16.0 Å². The van der Waals surface area contributed by atoms with Gasteiger partial charge in [0.25, 0.3) is 0 Å². The van der Waals surface area contributed by atoms with E-state index in [2.05, 4.69) is 77.0 Å². The molecule has 0 aliphatic heterocycles. The van der Waals surface area contributed by atoms with Crippen molar-refractivity contribution >= 4 is 5.57 Å². The Morgan fingerprint density at radius 3 is 2.80 bits per heavy atom. The predicted molar refractivity (Wildman–Crippen MR) is 121 cm³/mol. The number of fused-ring (bicyclic) bond motifs is 8. The summed E-state index contributed by atoms with van der Waals surface area (Å²) in [5.41, 5.74) is 18.7. The molecular formula is C27H25N3. The van der Waals surface area contributed by atoms with Gasteiger partial charge >= 0.3 is 0 Å². The van der Waals surface area contributed by atoms with Crippen LogP contribution in [0.1, 0.15) is 53.2 Å². The van der Waals surface area contributed by atoms with Gasteiger partial charge in [-0.2, -0.15) is 10.2 Å². The van der Waals surface area contributed by atoms with Gasteiger partial charge in [-0.25, -0.2) is 0 Å². The van der Waals surface area contributed by atoms with E-state index in [0.29, 0.717) is 0 Å². The van der Waals surface area contributed by atoms with Gasteiger partial charge in [-0.15, -0.1) is 0 Å². The second-order valence-corrected chi connectivity index (χ2v) is 8.57. The van der Waals surface area contributed by atoms with Crippen molar-refractivity contribution in [2.75, 3.05) is 7.05 Å². The lowest BCUT2D eigenvalue weighted by Gasteiger charge is -2.44. The molecule has 2 aromatic rings. The first-order valence-corrected chi connectivity index (χ1v) is 10.8. The molecule has 6 rings (SSSR count). The van der Waals surface area contributed by atoms with Gasteiger partial charge < -0.3 is 5.73 Å². The van der Waals surface area contributed by atoms with E-state index in [-0.39, 0.29) is 5.41 Å². The van der Waals surface area contributed by atoms with Crippen molar-refractivity contribution in [1.29, 1.82) is 0 Å². The van der Waals surface area contributed by atoms with Crippen LogP contribution in [0.3, 0.4) is 0 Å². The highest BCUT2D eigenvalue weighted by Crippen LogP contribution is 2.62. The first kappa shape index (κ1) is 17.8. The Bertz CT molecular complexity index is 1220. The average molecular weight is 392 g/mol. The third kappa shape index (κ3) is 2.19. The smallest absolute Gasteiger partial charge is 0.144 e. The maximum Gasteiger partial charge on any atom is 0.144 e. The third-order valence-corrected chi connectivity index (χ3v) is 7.16. The van der Waals surface area contributed by atoms with Crippen LogP contribution in [-0.2, 0) is 11.8 Å². The number of rotatable bonds is 2. The number of hydrogen-bond acceptors (Lipinski definition) is 3. The standard InChI is InChI=1S/C27H25N3/c1-29-30-26(28)19-14-13-18-15-17-7-2-4-10-22(17)27(25(18)16-19)23-11-5-3-8-20(23)21-9-6-12-24(21)27/h3,5-11,13-14,16,26H,2,4,12,15,28H2,1H3. The van der Waals surface area contributed by atoms with Crippen molar-refractivity contribution < 1.29 is 0 Å². The summed E-state index contributed by atoms with van der Waals surface area (Å²) in [6.07, 6.45) is 13.4. The van der Waals surface area contributed by atoms with E-state index in [4.69, 9.17) is 5.73 Å². The van der Waals surface area contributed by atoms with Crippen molar-refractivity contribution in [1.82, 2.24) is 0 Å². The lowest BCUT2D eigenvalue weighted by atomic mass is 9.58. The number of azo groups is 1. The molecule has 0 heterocycles. The maximum absolute atomic E-state index is 6.35. The highest BCUT2D eigenvalue weighted by atomic mass is 15.1. The van der Waals surface area contributed by atoms with Crippen LogP contribution in [0.25, 0.3) is 5.57 Å².